The van der Waals surface area contributed by atoms with E-state index in [0.29, 0.717) is 34.8 Å². The highest BCUT2D eigenvalue weighted by Crippen LogP contribution is 2.23. The summed E-state index contributed by atoms with van der Waals surface area (Å²) in [4.78, 5) is 23.2. The van der Waals surface area contributed by atoms with Gasteiger partial charge in [0, 0.05) is 10.9 Å². The minimum Gasteiger partial charge on any atom is -0.481 e. The first-order valence-electron chi connectivity index (χ1n) is 6.91. The zero-order valence-corrected chi connectivity index (χ0v) is 13.2. The zero-order chi connectivity index (χ0) is 15.7. The Balaban J connectivity index is 2.07. The van der Waals surface area contributed by atoms with Crippen LogP contribution in [0, 0.1) is 0 Å². The number of halogens is 1. The molecule has 1 heterocycles. The van der Waals surface area contributed by atoms with Crippen molar-refractivity contribution < 1.29 is 14.3 Å². The summed E-state index contributed by atoms with van der Waals surface area (Å²) in [5, 5.41) is 9.74. The number of fused-ring (bicyclic) bond motifs is 2. The predicted octanol–water partition coefficient (Wildman–Crippen LogP) is 4.12. The van der Waals surface area contributed by atoms with Crippen molar-refractivity contribution in [2.24, 2.45) is 0 Å². The van der Waals surface area contributed by atoms with E-state index >= 15 is 0 Å². The van der Waals surface area contributed by atoms with Gasteiger partial charge in [-0.15, -0.1) is 0 Å². The molecule has 0 aliphatic carbocycles. The first kappa shape index (κ1) is 14.8. The Morgan fingerprint density at radius 2 is 1.77 bits per heavy atom. The normalized spacial score (nSPS) is 11.1. The lowest BCUT2D eigenvalue weighted by molar-refractivity contribution is -0.137. The first-order valence-corrected chi connectivity index (χ1v) is 7.71. The fourth-order valence-electron chi connectivity index (χ4n) is 2.48. The molecule has 0 radical (unpaired) electrons. The Morgan fingerprint density at radius 3 is 2.50 bits per heavy atom. The van der Waals surface area contributed by atoms with Crippen molar-refractivity contribution in [2.45, 2.75) is 19.3 Å². The second-order valence-electron chi connectivity index (χ2n) is 5.15. The van der Waals surface area contributed by atoms with Gasteiger partial charge in [-0.05, 0) is 48.7 Å². The molecule has 1 aromatic heterocycles. The van der Waals surface area contributed by atoms with Crippen molar-refractivity contribution in [2.75, 3.05) is 0 Å². The number of carbonyl (C=O) groups is 1. The van der Waals surface area contributed by atoms with Crippen LogP contribution < -0.4 is 5.43 Å². The Bertz CT molecular complexity index is 927. The van der Waals surface area contributed by atoms with Gasteiger partial charge in [0.15, 0.2) is 0 Å². The predicted molar refractivity (Wildman–Crippen MR) is 88.3 cm³/mol. The number of aliphatic carboxylic acids is 1. The van der Waals surface area contributed by atoms with E-state index in [2.05, 4.69) is 15.9 Å². The lowest BCUT2D eigenvalue weighted by Crippen LogP contribution is -2.03. The number of carboxylic acid groups (broad SMARTS) is 1. The summed E-state index contributed by atoms with van der Waals surface area (Å²) in [5.74, 6) is -0.809. The standard InChI is InChI=1S/C17H13BrO4/c18-11-5-7-15-13(9-11)17(21)12-8-10(2-1-3-16(19)20)4-6-14(12)22-15/h4-9H,1-3H2,(H,19,20). The Labute approximate surface area is 134 Å². The first-order chi connectivity index (χ1) is 10.5. The minimum absolute atomic E-state index is 0.0716. The quantitative estimate of drug-likeness (QED) is 0.710. The molecule has 1 N–H and O–H groups in total. The van der Waals surface area contributed by atoms with Crippen LogP contribution in [0.15, 0.2) is 50.1 Å². The zero-order valence-electron chi connectivity index (χ0n) is 11.6. The summed E-state index contributed by atoms with van der Waals surface area (Å²) in [5.41, 5.74) is 1.97. The van der Waals surface area contributed by atoms with E-state index in [0.717, 1.165) is 10.0 Å². The monoisotopic (exact) mass is 360 g/mol. The van der Waals surface area contributed by atoms with Crippen LogP contribution in [0.25, 0.3) is 21.9 Å². The van der Waals surface area contributed by atoms with Crippen molar-refractivity contribution in [3.8, 4) is 0 Å². The van der Waals surface area contributed by atoms with E-state index in [4.69, 9.17) is 9.52 Å². The van der Waals surface area contributed by atoms with E-state index in [1.807, 2.05) is 12.1 Å². The van der Waals surface area contributed by atoms with Crippen molar-refractivity contribution in [3.63, 3.8) is 0 Å². The highest BCUT2D eigenvalue weighted by Gasteiger charge is 2.09. The molecule has 112 valence electrons. The SMILES string of the molecule is O=C(O)CCCc1ccc2oc3ccc(Br)cc3c(=O)c2c1. The van der Waals surface area contributed by atoms with Gasteiger partial charge in [0.2, 0.25) is 5.43 Å². The molecule has 0 unspecified atom stereocenters. The number of carboxylic acids is 1. The van der Waals surface area contributed by atoms with Gasteiger partial charge in [0.25, 0.3) is 0 Å². The van der Waals surface area contributed by atoms with Gasteiger partial charge in [-0.2, -0.15) is 0 Å². The average Bonchev–Trinajstić information content (AvgIpc) is 2.48. The number of rotatable bonds is 4. The van der Waals surface area contributed by atoms with Crippen LogP contribution in [0.4, 0.5) is 0 Å². The highest BCUT2D eigenvalue weighted by atomic mass is 79.9. The Hall–Kier alpha value is -2.14. The molecule has 5 heteroatoms. The van der Waals surface area contributed by atoms with E-state index in [9.17, 15) is 9.59 Å². The van der Waals surface area contributed by atoms with Crippen LogP contribution in [0.2, 0.25) is 0 Å². The van der Waals surface area contributed by atoms with Crippen molar-refractivity contribution >= 4 is 43.8 Å². The molecule has 0 aliphatic heterocycles. The van der Waals surface area contributed by atoms with Gasteiger partial charge in [0.05, 0.1) is 10.8 Å². The number of hydrogen-bond acceptors (Lipinski definition) is 3. The van der Waals surface area contributed by atoms with E-state index in [-0.39, 0.29) is 11.8 Å². The molecule has 0 amide bonds. The van der Waals surface area contributed by atoms with Gasteiger partial charge >= 0.3 is 5.97 Å². The molecule has 0 saturated carbocycles. The molecule has 0 saturated heterocycles. The number of benzene rings is 2. The lowest BCUT2D eigenvalue weighted by atomic mass is 10.0. The summed E-state index contributed by atoms with van der Waals surface area (Å²) < 4.78 is 6.59. The van der Waals surface area contributed by atoms with Crippen molar-refractivity contribution in [1.29, 1.82) is 0 Å². The van der Waals surface area contributed by atoms with E-state index < -0.39 is 5.97 Å². The van der Waals surface area contributed by atoms with Crippen LogP contribution in [0.1, 0.15) is 18.4 Å². The maximum Gasteiger partial charge on any atom is 0.303 e. The van der Waals surface area contributed by atoms with Crippen LogP contribution in [-0.4, -0.2) is 11.1 Å². The van der Waals surface area contributed by atoms with Crippen LogP contribution in [0.3, 0.4) is 0 Å². The third-order valence-corrected chi connectivity index (χ3v) is 4.04. The number of aryl methyl sites for hydroxylation is 1. The van der Waals surface area contributed by atoms with Crippen LogP contribution >= 0.6 is 15.9 Å². The average molecular weight is 361 g/mol. The Morgan fingerprint density at radius 1 is 1.09 bits per heavy atom. The maximum absolute atomic E-state index is 12.6. The Kier molecular flexibility index (Phi) is 3.98. The lowest BCUT2D eigenvalue weighted by Gasteiger charge is -2.04. The molecule has 0 bridgehead atoms. The maximum atomic E-state index is 12.6. The van der Waals surface area contributed by atoms with Gasteiger partial charge in [-0.1, -0.05) is 22.0 Å². The van der Waals surface area contributed by atoms with Crippen molar-refractivity contribution in [3.05, 3.63) is 56.7 Å². The molecule has 0 atom stereocenters. The highest BCUT2D eigenvalue weighted by molar-refractivity contribution is 9.10. The summed E-state index contributed by atoms with van der Waals surface area (Å²) in [6.45, 7) is 0. The molecule has 0 spiro atoms. The largest absolute Gasteiger partial charge is 0.481 e. The molecule has 3 aromatic rings. The summed E-state index contributed by atoms with van der Waals surface area (Å²) >= 11 is 3.36. The van der Waals surface area contributed by atoms with Gasteiger partial charge < -0.3 is 9.52 Å². The van der Waals surface area contributed by atoms with Crippen LogP contribution in [-0.2, 0) is 11.2 Å². The molecule has 4 nitrogen and oxygen atoms in total. The summed E-state index contributed by atoms with van der Waals surface area (Å²) in [7, 11) is 0. The van der Waals surface area contributed by atoms with Crippen LogP contribution in [0.5, 0.6) is 0 Å². The van der Waals surface area contributed by atoms with Gasteiger partial charge in [-0.25, -0.2) is 0 Å². The second kappa shape index (κ2) is 5.93. The molecular formula is C17H13BrO4. The third kappa shape index (κ3) is 2.90. The topological polar surface area (TPSA) is 67.5 Å². The van der Waals surface area contributed by atoms with Gasteiger partial charge in [0.1, 0.15) is 11.2 Å². The molecule has 3 rings (SSSR count). The molecular weight excluding hydrogens is 348 g/mol. The molecule has 22 heavy (non-hydrogen) atoms. The fourth-order valence-corrected chi connectivity index (χ4v) is 2.84. The summed E-state index contributed by atoms with van der Waals surface area (Å²) in [6.07, 6.45) is 1.29. The fraction of sp³-hybridized carbons (Fsp3) is 0.176. The molecule has 0 fully saturated rings. The van der Waals surface area contributed by atoms with Crippen molar-refractivity contribution in [1.82, 2.24) is 0 Å². The minimum atomic E-state index is -0.809. The smallest absolute Gasteiger partial charge is 0.303 e. The third-order valence-electron chi connectivity index (χ3n) is 3.55. The van der Waals surface area contributed by atoms with E-state index in [1.54, 1.807) is 24.3 Å². The number of hydrogen-bond donors (Lipinski definition) is 1. The molecule has 0 aliphatic rings. The second-order valence-corrected chi connectivity index (χ2v) is 6.07. The van der Waals surface area contributed by atoms with E-state index in [1.165, 1.54) is 0 Å². The molecule has 2 aromatic carbocycles. The van der Waals surface area contributed by atoms with Gasteiger partial charge in [-0.3, -0.25) is 9.59 Å². The summed E-state index contributed by atoms with van der Waals surface area (Å²) in [6, 6.07) is 10.8.